The Morgan fingerprint density at radius 3 is 2.38 bits per heavy atom. The molecular weight excluding hydrogens is 382 g/mol. The van der Waals surface area contributed by atoms with E-state index in [-0.39, 0.29) is 0 Å². The van der Waals surface area contributed by atoms with Crippen LogP contribution in [-0.4, -0.2) is 37.3 Å². The van der Waals surface area contributed by atoms with Crippen LogP contribution in [0.5, 0.6) is 0 Å². The number of rotatable bonds is 5. The van der Waals surface area contributed by atoms with Crippen LogP contribution in [0.3, 0.4) is 0 Å². The van der Waals surface area contributed by atoms with Crippen LogP contribution < -0.4 is 5.32 Å². The fourth-order valence-electron chi connectivity index (χ4n) is 3.30. The molecule has 0 fully saturated rings. The summed E-state index contributed by atoms with van der Waals surface area (Å²) in [7, 11) is 0. The summed E-state index contributed by atoms with van der Waals surface area (Å²) in [4.78, 5) is 10.5. The van der Waals surface area contributed by atoms with Gasteiger partial charge in [0.15, 0.2) is 11.5 Å². The minimum absolute atomic E-state index is 0.380. The molecule has 0 bridgehead atoms. The zero-order chi connectivity index (χ0) is 19.8. The zero-order valence-corrected chi connectivity index (χ0v) is 16.6. The van der Waals surface area contributed by atoms with Gasteiger partial charge in [-0.3, -0.25) is 0 Å². The van der Waals surface area contributed by atoms with Crippen LogP contribution >= 0.6 is 11.3 Å². The lowest BCUT2D eigenvalue weighted by molar-refractivity contribution is 0.208. The van der Waals surface area contributed by atoms with E-state index in [1.165, 1.54) is 0 Å². The van der Waals surface area contributed by atoms with Gasteiger partial charge >= 0.3 is 0 Å². The number of benzene rings is 2. The lowest BCUT2D eigenvalue weighted by atomic mass is 10.1. The number of nitrogens with one attached hydrogen (secondary N) is 1. The first kappa shape index (κ1) is 17.8. The highest BCUT2D eigenvalue weighted by Gasteiger charge is 2.19. The van der Waals surface area contributed by atoms with Crippen molar-refractivity contribution in [2.24, 2.45) is 0 Å². The van der Waals surface area contributed by atoms with E-state index in [0.717, 1.165) is 32.6 Å². The van der Waals surface area contributed by atoms with Crippen molar-refractivity contribution in [3.05, 3.63) is 66.0 Å². The first-order chi connectivity index (χ1) is 14.2. The summed E-state index contributed by atoms with van der Waals surface area (Å²) in [6.07, 6.45) is -0.497. The SMILES string of the molecule is C[C@H](O)CNc1nc2scc(-c3ccccc3)c2c2nc(-c3ccccc3)nn12. The van der Waals surface area contributed by atoms with Crippen molar-refractivity contribution in [1.29, 1.82) is 0 Å². The van der Waals surface area contributed by atoms with Crippen molar-refractivity contribution < 1.29 is 5.11 Å². The molecule has 5 aromatic rings. The fourth-order valence-corrected chi connectivity index (χ4v) is 4.25. The molecule has 5 rings (SSSR count). The molecule has 144 valence electrons. The van der Waals surface area contributed by atoms with Crippen molar-refractivity contribution in [2.75, 3.05) is 11.9 Å². The predicted molar refractivity (Wildman–Crippen MR) is 117 cm³/mol. The molecule has 0 saturated heterocycles. The number of hydrogen-bond acceptors (Lipinski definition) is 6. The zero-order valence-electron chi connectivity index (χ0n) is 15.8. The van der Waals surface area contributed by atoms with Crippen LogP contribution in [0.2, 0.25) is 0 Å². The Kier molecular flexibility index (Phi) is 4.46. The first-order valence-electron chi connectivity index (χ1n) is 9.41. The average Bonchev–Trinajstić information content (AvgIpc) is 3.37. The van der Waals surface area contributed by atoms with Gasteiger partial charge in [-0.25, -0.2) is 9.97 Å². The van der Waals surface area contributed by atoms with Crippen molar-refractivity contribution in [3.8, 4) is 22.5 Å². The number of aromatic nitrogens is 4. The monoisotopic (exact) mass is 401 g/mol. The molecule has 0 radical (unpaired) electrons. The molecule has 7 heteroatoms. The van der Waals surface area contributed by atoms with Gasteiger partial charge in [-0.1, -0.05) is 60.7 Å². The first-order valence-corrected chi connectivity index (χ1v) is 10.3. The molecular formula is C22H19N5OS. The van der Waals surface area contributed by atoms with E-state index < -0.39 is 6.10 Å². The van der Waals surface area contributed by atoms with Crippen LogP contribution in [0.25, 0.3) is 38.4 Å². The predicted octanol–water partition coefficient (Wildman–Crippen LogP) is 4.47. The molecule has 29 heavy (non-hydrogen) atoms. The summed E-state index contributed by atoms with van der Waals surface area (Å²) < 4.78 is 1.74. The highest BCUT2D eigenvalue weighted by molar-refractivity contribution is 7.17. The number of fused-ring (bicyclic) bond motifs is 3. The third-order valence-electron chi connectivity index (χ3n) is 4.68. The van der Waals surface area contributed by atoms with Crippen molar-refractivity contribution in [2.45, 2.75) is 13.0 Å². The highest BCUT2D eigenvalue weighted by Crippen LogP contribution is 2.36. The van der Waals surface area contributed by atoms with Gasteiger partial charge in [0.05, 0.1) is 11.5 Å². The Morgan fingerprint density at radius 1 is 1.00 bits per heavy atom. The second-order valence-electron chi connectivity index (χ2n) is 6.90. The van der Waals surface area contributed by atoms with E-state index in [4.69, 9.17) is 15.1 Å². The van der Waals surface area contributed by atoms with Crippen LogP contribution in [-0.2, 0) is 0 Å². The molecule has 0 amide bonds. The van der Waals surface area contributed by atoms with E-state index in [1.807, 2.05) is 48.5 Å². The second-order valence-corrected chi connectivity index (χ2v) is 7.76. The molecule has 6 nitrogen and oxygen atoms in total. The van der Waals surface area contributed by atoms with E-state index in [1.54, 1.807) is 22.8 Å². The van der Waals surface area contributed by atoms with Gasteiger partial charge in [0.2, 0.25) is 5.95 Å². The maximum absolute atomic E-state index is 9.70. The highest BCUT2D eigenvalue weighted by atomic mass is 32.1. The number of hydrogen-bond donors (Lipinski definition) is 2. The third kappa shape index (κ3) is 3.24. The van der Waals surface area contributed by atoms with E-state index in [9.17, 15) is 5.11 Å². The Hall–Kier alpha value is -3.29. The molecule has 2 N–H and O–H groups in total. The lowest BCUT2D eigenvalue weighted by Gasteiger charge is -2.09. The Balaban J connectivity index is 1.77. The molecule has 1 atom stereocenters. The van der Waals surface area contributed by atoms with Crippen LogP contribution in [0.1, 0.15) is 6.92 Å². The molecule has 2 aromatic carbocycles. The quantitative estimate of drug-likeness (QED) is 0.455. The van der Waals surface area contributed by atoms with Gasteiger partial charge in [0, 0.05) is 23.1 Å². The molecule has 0 aliphatic carbocycles. The number of aliphatic hydroxyl groups excluding tert-OH is 1. The van der Waals surface area contributed by atoms with Gasteiger partial charge in [-0.2, -0.15) is 4.52 Å². The second kappa shape index (κ2) is 7.27. The summed E-state index contributed by atoms with van der Waals surface area (Å²) in [5.41, 5.74) is 3.91. The number of thiophene rings is 1. The van der Waals surface area contributed by atoms with E-state index in [0.29, 0.717) is 18.3 Å². The van der Waals surface area contributed by atoms with Gasteiger partial charge < -0.3 is 10.4 Å². The topological polar surface area (TPSA) is 75.3 Å². The Bertz CT molecular complexity index is 1280. The normalized spacial score (nSPS) is 12.5. The molecule has 3 aromatic heterocycles. The van der Waals surface area contributed by atoms with E-state index in [2.05, 4.69) is 22.8 Å². The number of aliphatic hydroxyl groups is 1. The van der Waals surface area contributed by atoms with Crippen LogP contribution in [0, 0.1) is 0 Å². The van der Waals surface area contributed by atoms with Gasteiger partial charge in [0.25, 0.3) is 0 Å². The van der Waals surface area contributed by atoms with Crippen LogP contribution in [0.15, 0.2) is 66.0 Å². The minimum Gasteiger partial charge on any atom is -0.392 e. The number of anilines is 1. The summed E-state index contributed by atoms with van der Waals surface area (Å²) in [5, 5.41) is 20.7. The van der Waals surface area contributed by atoms with Crippen molar-refractivity contribution >= 4 is 33.1 Å². The minimum atomic E-state index is -0.497. The molecule has 0 spiro atoms. The molecule has 0 unspecified atom stereocenters. The van der Waals surface area contributed by atoms with Gasteiger partial charge in [0.1, 0.15) is 4.83 Å². The summed E-state index contributed by atoms with van der Waals surface area (Å²) in [6, 6.07) is 20.2. The molecule has 3 heterocycles. The fraction of sp³-hybridized carbons (Fsp3) is 0.136. The average molecular weight is 401 g/mol. The van der Waals surface area contributed by atoms with Crippen molar-refractivity contribution in [3.63, 3.8) is 0 Å². The van der Waals surface area contributed by atoms with Crippen molar-refractivity contribution in [1.82, 2.24) is 19.6 Å². The maximum Gasteiger partial charge on any atom is 0.227 e. The number of nitrogens with zero attached hydrogens (tertiary/aromatic N) is 4. The maximum atomic E-state index is 9.70. The van der Waals surface area contributed by atoms with Gasteiger partial charge in [-0.05, 0) is 12.5 Å². The molecule has 0 saturated carbocycles. The largest absolute Gasteiger partial charge is 0.392 e. The molecule has 0 aliphatic heterocycles. The third-order valence-corrected chi connectivity index (χ3v) is 5.56. The molecule has 0 aliphatic rings. The smallest absolute Gasteiger partial charge is 0.227 e. The standard InChI is InChI=1S/C22H19N5OS/c1-14(28)12-23-22-25-21-18(17(13-29-21)15-8-4-2-5-9-15)20-24-19(26-27(20)22)16-10-6-3-7-11-16/h2-11,13-14,28H,12H2,1H3,(H,23,25)/t14-/m0/s1. The van der Waals surface area contributed by atoms with Crippen LogP contribution in [0.4, 0.5) is 5.95 Å². The summed E-state index contributed by atoms with van der Waals surface area (Å²) in [5.74, 6) is 1.22. The lowest BCUT2D eigenvalue weighted by Crippen LogP contribution is -2.18. The Morgan fingerprint density at radius 2 is 1.69 bits per heavy atom. The van der Waals surface area contributed by atoms with E-state index >= 15 is 0 Å². The Labute approximate surface area is 171 Å². The van der Waals surface area contributed by atoms with Gasteiger partial charge in [-0.15, -0.1) is 16.4 Å². The summed E-state index contributed by atoms with van der Waals surface area (Å²) in [6.45, 7) is 2.11. The summed E-state index contributed by atoms with van der Waals surface area (Å²) >= 11 is 1.58.